The lowest BCUT2D eigenvalue weighted by Gasteiger charge is -2.11. The van der Waals surface area contributed by atoms with Gasteiger partial charge in [-0.05, 0) is 31.0 Å². The van der Waals surface area contributed by atoms with Crippen molar-refractivity contribution in [2.24, 2.45) is 0 Å². The van der Waals surface area contributed by atoms with E-state index in [4.69, 9.17) is 0 Å². The zero-order valence-corrected chi connectivity index (χ0v) is 12.3. The molecular weight excluding hydrogens is 240 g/mol. The topological polar surface area (TPSA) is 24.9 Å². The van der Waals surface area contributed by atoms with E-state index in [1.165, 1.54) is 0 Å². The van der Waals surface area contributed by atoms with Crippen molar-refractivity contribution in [3.05, 3.63) is 47.1 Å². The number of aryl methyl sites for hydroxylation is 2. The van der Waals surface area contributed by atoms with Crippen molar-refractivity contribution in [3.63, 3.8) is 0 Å². The van der Waals surface area contributed by atoms with Crippen LogP contribution in [0.2, 0.25) is 0 Å². The molecule has 1 N–H and O–H groups in total. The first-order valence-electron chi connectivity index (χ1n) is 6.09. The third-order valence-electron chi connectivity index (χ3n) is 2.47. The number of fused-ring (bicyclic) bond motifs is 1. The Hall–Kier alpha value is -1.48. The smallest absolute Gasteiger partial charge is 0.0939 e. The number of aromatic nitrogens is 1. The molecule has 1 aromatic heterocycles. The summed E-state index contributed by atoms with van der Waals surface area (Å²) in [6, 6.07) is 6.27. The molecule has 0 fully saturated rings. The Morgan fingerprint density at radius 2 is 1.94 bits per heavy atom. The number of rotatable bonds is 2. The Balaban J connectivity index is 0.000000771. The third kappa shape index (κ3) is 3.26. The average molecular weight is 260 g/mol. The van der Waals surface area contributed by atoms with Gasteiger partial charge in [-0.25, -0.2) is 0 Å². The maximum Gasteiger partial charge on any atom is 0.0939 e. The minimum absolute atomic E-state index is 0.623. The monoisotopic (exact) mass is 260 g/mol. The lowest BCUT2D eigenvalue weighted by Crippen LogP contribution is -1.97. The second-order valence-corrected chi connectivity index (χ2v) is 4.45. The van der Waals surface area contributed by atoms with Gasteiger partial charge in [0.25, 0.3) is 0 Å². The standard InChI is InChI=1S/C13H14N2S.C2H6/c1-8-6-11-5-4-9(2)12(15-10(3)16)13(11)14-7-8;1-2/h4-7,15-16H,3H2,1-2H3;1-2H3. The minimum Gasteiger partial charge on any atom is -0.349 e. The van der Waals surface area contributed by atoms with E-state index in [-0.39, 0.29) is 0 Å². The Labute approximate surface area is 115 Å². The highest BCUT2D eigenvalue weighted by Gasteiger charge is 2.06. The first kappa shape index (κ1) is 14.6. The molecule has 2 nitrogen and oxygen atoms in total. The van der Waals surface area contributed by atoms with Crippen molar-refractivity contribution in [2.45, 2.75) is 27.7 Å². The van der Waals surface area contributed by atoms with Crippen LogP contribution in [0.25, 0.3) is 10.9 Å². The molecule has 96 valence electrons. The first-order valence-corrected chi connectivity index (χ1v) is 6.53. The van der Waals surface area contributed by atoms with Crippen LogP contribution >= 0.6 is 12.6 Å². The molecule has 2 aromatic rings. The summed E-state index contributed by atoms with van der Waals surface area (Å²) in [5.74, 6) is 0. The van der Waals surface area contributed by atoms with Crippen molar-refractivity contribution < 1.29 is 0 Å². The average Bonchev–Trinajstić information content (AvgIpc) is 2.35. The molecule has 0 atom stereocenters. The molecule has 0 radical (unpaired) electrons. The summed E-state index contributed by atoms with van der Waals surface area (Å²) >= 11 is 4.17. The van der Waals surface area contributed by atoms with Gasteiger partial charge in [-0.1, -0.05) is 32.6 Å². The number of nitrogens with zero attached hydrogens (tertiary/aromatic N) is 1. The molecule has 0 saturated carbocycles. The molecule has 0 aliphatic heterocycles. The summed E-state index contributed by atoms with van der Waals surface area (Å²) in [5.41, 5.74) is 4.24. The predicted molar refractivity (Wildman–Crippen MR) is 84.3 cm³/mol. The summed E-state index contributed by atoms with van der Waals surface area (Å²) in [7, 11) is 0. The number of hydrogen-bond acceptors (Lipinski definition) is 3. The number of benzene rings is 1. The summed E-state index contributed by atoms with van der Waals surface area (Å²) in [6.45, 7) is 11.8. The summed E-state index contributed by atoms with van der Waals surface area (Å²) in [4.78, 5) is 4.46. The summed E-state index contributed by atoms with van der Waals surface area (Å²) in [6.07, 6.45) is 1.87. The molecule has 0 aliphatic carbocycles. The van der Waals surface area contributed by atoms with Crippen LogP contribution in [0.4, 0.5) is 5.69 Å². The molecule has 0 saturated heterocycles. The van der Waals surface area contributed by atoms with Gasteiger partial charge >= 0.3 is 0 Å². The molecule has 0 amide bonds. The molecule has 1 heterocycles. The maximum atomic E-state index is 4.46. The molecule has 1 aromatic carbocycles. The van der Waals surface area contributed by atoms with E-state index in [1.807, 2.05) is 33.9 Å². The quantitative estimate of drug-likeness (QED) is 0.766. The largest absolute Gasteiger partial charge is 0.349 e. The Morgan fingerprint density at radius 1 is 1.28 bits per heavy atom. The van der Waals surface area contributed by atoms with E-state index in [2.05, 4.69) is 47.7 Å². The van der Waals surface area contributed by atoms with Crippen molar-refractivity contribution in [2.75, 3.05) is 5.32 Å². The van der Waals surface area contributed by atoms with Gasteiger partial charge in [-0.3, -0.25) is 4.98 Å². The van der Waals surface area contributed by atoms with Gasteiger partial charge in [-0.2, -0.15) is 0 Å². The summed E-state index contributed by atoms with van der Waals surface area (Å²) in [5, 5.41) is 4.89. The highest BCUT2D eigenvalue weighted by Crippen LogP contribution is 2.27. The van der Waals surface area contributed by atoms with Crippen LogP contribution in [0.1, 0.15) is 25.0 Å². The van der Waals surface area contributed by atoms with Gasteiger partial charge in [-0.15, -0.1) is 12.6 Å². The van der Waals surface area contributed by atoms with Gasteiger partial charge in [0.05, 0.1) is 16.2 Å². The molecule has 0 bridgehead atoms. The number of pyridine rings is 1. The van der Waals surface area contributed by atoms with E-state index in [0.29, 0.717) is 5.03 Å². The number of anilines is 1. The zero-order chi connectivity index (χ0) is 13.7. The molecule has 3 heteroatoms. The van der Waals surface area contributed by atoms with E-state index in [0.717, 1.165) is 27.7 Å². The van der Waals surface area contributed by atoms with E-state index in [9.17, 15) is 0 Å². The van der Waals surface area contributed by atoms with Crippen molar-refractivity contribution in [1.82, 2.24) is 4.98 Å². The van der Waals surface area contributed by atoms with Gasteiger partial charge in [0.15, 0.2) is 0 Å². The Kier molecular flexibility index (Phi) is 5.23. The second kappa shape index (κ2) is 6.45. The van der Waals surface area contributed by atoms with Crippen LogP contribution < -0.4 is 5.32 Å². The van der Waals surface area contributed by atoms with E-state index in [1.54, 1.807) is 0 Å². The van der Waals surface area contributed by atoms with Crippen molar-refractivity contribution in [3.8, 4) is 0 Å². The highest BCUT2D eigenvalue weighted by atomic mass is 32.1. The van der Waals surface area contributed by atoms with Crippen LogP contribution in [0.3, 0.4) is 0 Å². The van der Waals surface area contributed by atoms with Gasteiger partial charge < -0.3 is 5.32 Å². The normalized spacial score (nSPS) is 9.61. The number of nitrogens with one attached hydrogen (secondary N) is 1. The molecule has 0 unspecified atom stereocenters. The zero-order valence-electron chi connectivity index (χ0n) is 11.4. The predicted octanol–water partition coefficient (Wildman–Crippen LogP) is 4.69. The van der Waals surface area contributed by atoms with Crippen LogP contribution in [0.15, 0.2) is 36.0 Å². The van der Waals surface area contributed by atoms with Crippen LogP contribution in [-0.2, 0) is 0 Å². The first-order chi connectivity index (χ1) is 8.58. The SMILES string of the molecule is C=C(S)Nc1c(C)ccc2cc(C)cnc12.CC. The van der Waals surface area contributed by atoms with Crippen LogP contribution in [0.5, 0.6) is 0 Å². The number of hydrogen-bond donors (Lipinski definition) is 2. The maximum absolute atomic E-state index is 4.46. The molecular formula is C15H20N2S. The highest BCUT2D eigenvalue weighted by molar-refractivity contribution is 7.84. The fraction of sp³-hybridized carbons (Fsp3) is 0.267. The van der Waals surface area contributed by atoms with Gasteiger partial charge in [0, 0.05) is 11.6 Å². The van der Waals surface area contributed by atoms with Crippen LogP contribution in [0, 0.1) is 13.8 Å². The number of thiol groups is 1. The third-order valence-corrected chi connectivity index (χ3v) is 2.58. The fourth-order valence-electron chi connectivity index (χ4n) is 1.71. The Bertz CT molecular complexity index is 562. The second-order valence-electron chi connectivity index (χ2n) is 3.91. The van der Waals surface area contributed by atoms with Gasteiger partial charge in [0.2, 0.25) is 0 Å². The van der Waals surface area contributed by atoms with E-state index >= 15 is 0 Å². The lowest BCUT2D eigenvalue weighted by atomic mass is 10.1. The fourth-order valence-corrected chi connectivity index (χ4v) is 1.83. The van der Waals surface area contributed by atoms with Crippen LogP contribution in [-0.4, -0.2) is 4.98 Å². The van der Waals surface area contributed by atoms with Crippen molar-refractivity contribution >= 4 is 29.2 Å². The molecule has 0 spiro atoms. The molecule has 2 rings (SSSR count). The lowest BCUT2D eigenvalue weighted by molar-refractivity contribution is 1.32. The summed E-state index contributed by atoms with van der Waals surface area (Å²) < 4.78 is 0. The minimum atomic E-state index is 0.623. The van der Waals surface area contributed by atoms with Gasteiger partial charge in [0.1, 0.15) is 0 Å². The van der Waals surface area contributed by atoms with Crippen molar-refractivity contribution in [1.29, 1.82) is 0 Å². The molecule has 0 aliphatic rings. The molecule has 18 heavy (non-hydrogen) atoms. The Morgan fingerprint density at radius 3 is 2.56 bits per heavy atom. The van der Waals surface area contributed by atoms with E-state index < -0.39 is 0 Å².